The maximum atomic E-state index is 13.5. The minimum atomic E-state index is -0.834. The highest BCUT2D eigenvalue weighted by molar-refractivity contribution is 5.68. The quantitative estimate of drug-likeness (QED) is 0.624. The molecule has 1 aliphatic carbocycles. The Morgan fingerprint density at radius 3 is 2.81 bits per heavy atom. The van der Waals surface area contributed by atoms with Gasteiger partial charge in [0.1, 0.15) is 28.8 Å². The van der Waals surface area contributed by atoms with Gasteiger partial charge in [-0.3, -0.25) is 9.78 Å². The molecule has 0 radical (unpaired) electrons. The Hall–Kier alpha value is -3.61. The van der Waals surface area contributed by atoms with Gasteiger partial charge in [-0.2, -0.15) is 0 Å². The fourth-order valence-corrected chi connectivity index (χ4v) is 3.90. The van der Waals surface area contributed by atoms with E-state index < -0.39 is 5.97 Å². The largest absolute Gasteiger partial charge is 0.508 e. The highest BCUT2D eigenvalue weighted by atomic mass is 19.1. The lowest BCUT2D eigenvalue weighted by Crippen LogP contribution is -2.07. The van der Waals surface area contributed by atoms with Gasteiger partial charge in [-0.05, 0) is 55.2 Å². The monoisotopic (exact) mass is 423 g/mol. The predicted octanol–water partition coefficient (Wildman–Crippen LogP) is 4.84. The zero-order chi connectivity index (χ0) is 21.8. The van der Waals surface area contributed by atoms with E-state index in [2.05, 4.69) is 4.98 Å². The number of rotatable bonds is 4. The first-order valence-corrected chi connectivity index (χ1v) is 10.1. The highest BCUT2D eigenvalue weighted by Crippen LogP contribution is 2.38. The fourth-order valence-electron chi connectivity index (χ4n) is 3.90. The van der Waals surface area contributed by atoms with Gasteiger partial charge in [-0.15, -0.1) is 0 Å². The van der Waals surface area contributed by atoms with Crippen LogP contribution in [-0.2, 0) is 17.6 Å². The molecule has 1 atom stereocenters. The summed E-state index contributed by atoms with van der Waals surface area (Å²) in [6.07, 6.45) is 6.12. The summed E-state index contributed by atoms with van der Waals surface area (Å²) in [5.74, 6) is 1.13. The molecule has 0 saturated carbocycles. The number of halogens is 1. The minimum Gasteiger partial charge on any atom is -0.508 e. The number of hydrogen-bond acceptors (Lipinski definition) is 5. The summed E-state index contributed by atoms with van der Waals surface area (Å²) in [6.45, 7) is 0.380. The predicted molar refractivity (Wildman–Crippen MR) is 111 cm³/mol. The molecule has 3 aromatic rings. The molecule has 1 unspecified atom stereocenters. The van der Waals surface area contributed by atoms with E-state index in [9.17, 15) is 9.18 Å². The maximum absolute atomic E-state index is 13.5. The van der Waals surface area contributed by atoms with E-state index in [0.29, 0.717) is 18.1 Å². The number of fused-ring (bicyclic) bond motifs is 2. The molecule has 1 aliphatic heterocycles. The van der Waals surface area contributed by atoms with Crippen LogP contribution in [0.25, 0.3) is 0 Å². The Morgan fingerprint density at radius 2 is 2.03 bits per heavy atom. The van der Waals surface area contributed by atoms with Crippen molar-refractivity contribution in [3.63, 3.8) is 0 Å². The van der Waals surface area contributed by atoms with Crippen LogP contribution in [0.5, 0.6) is 23.0 Å². The molecule has 0 saturated heterocycles. The molecule has 2 aliphatic rings. The van der Waals surface area contributed by atoms with Crippen LogP contribution in [0.4, 0.5) is 4.39 Å². The van der Waals surface area contributed by atoms with Crippen molar-refractivity contribution in [1.82, 2.24) is 4.98 Å². The average molecular weight is 423 g/mol. The number of aliphatic carboxylic acids is 1. The van der Waals surface area contributed by atoms with Crippen molar-refractivity contribution in [3.05, 3.63) is 77.4 Å². The molecule has 31 heavy (non-hydrogen) atoms. The lowest BCUT2D eigenvalue weighted by molar-refractivity contribution is -0.137. The van der Waals surface area contributed by atoms with E-state index in [1.165, 1.54) is 12.1 Å². The second kappa shape index (κ2) is 9.04. The van der Waals surface area contributed by atoms with E-state index >= 15 is 0 Å². The smallest absolute Gasteiger partial charge is 0.304 e. The van der Waals surface area contributed by atoms with Crippen LogP contribution in [0.3, 0.4) is 0 Å². The van der Waals surface area contributed by atoms with Crippen molar-refractivity contribution in [2.45, 2.75) is 31.6 Å². The van der Waals surface area contributed by atoms with E-state index in [1.807, 2.05) is 12.1 Å². The van der Waals surface area contributed by atoms with Crippen molar-refractivity contribution in [3.8, 4) is 23.0 Å². The number of nitrogens with zero attached hydrogens (tertiary/aromatic N) is 1. The number of carbonyl (C=O) groups is 1. The first kappa shape index (κ1) is 20.7. The zero-order valence-corrected chi connectivity index (χ0v) is 16.8. The van der Waals surface area contributed by atoms with E-state index in [1.54, 1.807) is 30.6 Å². The molecule has 0 spiro atoms. The summed E-state index contributed by atoms with van der Waals surface area (Å²) in [5, 5.41) is 17.8. The van der Waals surface area contributed by atoms with Gasteiger partial charge in [0, 0.05) is 29.3 Å². The van der Waals surface area contributed by atoms with Crippen molar-refractivity contribution in [1.29, 1.82) is 0 Å². The number of phenolic OH excluding ortho intramolecular Hbond substituents is 1. The number of pyridine rings is 1. The lowest BCUT2D eigenvalue weighted by Gasteiger charge is -2.10. The highest BCUT2D eigenvalue weighted by Gasteiger charge is 2.26. The summed E-state index contributed by atoms with van der Waals surface area (Å²) in [4.78, 5) is 14.5. The topological polar surface area (TPSA) is 88.9 Å². The molecule has 160 valence electrons. The zero-order valence-electron chi connectivity index (χ0n) is 16.8. The number of aromatic nitrogens is 1. The Labute approximate surface area is 178 Å². The van der Waals surface area contributed by atoms with Gasteiger partial charge in [-0.25, -0.2) is 4.39 Å². The summed E-state index contributed by atoms with van der Waals surface area (Å²) in [5.41, 5.74) is 2.69. The van der Waals surface area contributed by atoms with Gasteiger partial charge in [0.15, 0.2) is 0 Å². The Bertz CT molecular complexity index is 1090. The number of aromatic hydroxyl groups is 1. The van der Waals surface area contributed by atoms with Gasteiger partial charge < -0.3 is 19.7 Å². The van der Waals surface area contributed by atoms with Crippen molar-refractivity contribution >= 4 is 5.97 Å². The van der Waals surface area contributed by atoms with Gasteiger partial charge in [0.05, 0.1) is 19.2 Å². The van der Waals surface area contributed by atoms with Crippen molar-refractivity contribution < 1.29 is 28.9 Å². The molecule has 7 heteroatoms. The second-order valence-electron chi connectivity index (χ2n) is 7.47. The van der Waals surface area contributed by atoms with E-state index in [0.717, 1.165) is 41.7 Å². The summed E-state index contributed by atoms with van der Waals surface area (Å²) in [6, 6.07) is 11.6. The molecule has 5 rings (SSSR count). The third-order valence-corrected chi connectivity index (χ3v) is 5.34. The molecule has 2 aromatic carbocycles. The molecule has 2 N–H and O–H groups in total. The van der Waals surface area contributed by atoms with Crippen LogP contribution in [0.15, 0.2) is 54.9 Å². The summed E-state index contributed by atoms with van der Waals surface area (Å²) in [7, 11) is 0. The summed E-state index contributed by atoms with van der Waals surface area (Å²) < 4.78 is 24.6. The van der Waals surface area contributed by atoms with E-state index in [-0.39, 0.29) is 23.9 Å². The number of phenols is 1. The first-order valence-electron chi connectivity index (χ1n) is 10.1. The fraction of sp³-hybridized carbons (Fsp3) is 0.250. The van der Waals surface area contributed by atoms with Crippen LogP contribution in [0.2, 0.25) is 0 Å². The summed E-state index contributed by atoms with van der Waals surface area (Å²) >= 11 is 0. The number of hydrogen-bond donors (Lipinski definition) is 2. The van der Waals surface area contributed by atoms with Crippen LogP contribution < -0.4 is 9.47 Å². The molecule has 2 heterocycles. The third-order valence-electron chi connectivity index (χ3n) is 5.34. The van der Waals surface area contributed by atoms with Crippen LogP contribution >= 0.6 is 0 Å². The SMILES string of the molecule is Fc1ccc(Oc2cccnc2)c2c1CCC2.O=C(O)CC1COc2cc(O)ccc21. The van der Waals surface area contributed by atoms with Crippen LogP contribution in [0, 0.1) is 5.82 Å². The van der Waals surface area contributed by atoms with Gasteiger partial charge in [-0.1, -0.05) is 6.07 Å². The molecule has 0 bridgehead atoms. The second-order valence-corrected chi connectivity index (χ2v) is 7.47. The molecular weight excluding hydrogens is 401 g/mol. The lowest BCUT2D eigenvalue weighted by atomic mass is 9.98. The number of ether oxygens (including phenoxy) is 2. The van der Waals surface area contributed by atoms with Crippen molar-refractivity contribution in [2.75, 3.05) is 6.61 Å². The normalized spacial score (nSPS) is 15.8. The maximum Gasteiger partial charge on any atom is 0.304 e. The molecule has 0 amide bonds. The number of benzene rings is 2. The minimum absolute atomic E-state index is 0.0672. The van der Waals surface area contributed by atoms with Crippen LogP contribution in [0.1, 0.15) is 35.4 Å². The molecule has 6 nitrogen and oxygen atoms in total. The average Bonchev–Trinajstić information content (AvgIpc) is 3.39. The van der Waals surface area contributed by atoms with Gasteiger partial charge >= 0.3 is 5.97 Å². The molecular formula is C24H22FNO5. The van der Waals surface area contributed by atoms with E-state index in [4.69, 9.17) is 19.7 Å². The third kappa shape index (κ3) is 4.77. The first-order chi connectivity index (χ1) is 15.0. The standard InChI is InChI=1S/C14H12FNO.C10H10O4/c15-13-6-7-14(12-5-1-4-11(12)13)17-10-3-2-8-16-9-10;11-7-1-2-8-6(3-10(12)13)5-14-9(8)4-7/h2-3,6-9H,1,4-5H2;1-2,4,6,11H,3,5H2,(H,12,13). The van der Waals surface area contributed by atoms with Crippen molar-refractivity contribution in [2.24, 2.45) is 0 Å². The van der Waals surface area contributed by atoms with Gasteiger partial charge in [0.25, 0.3) is 0 Å². The number of carboxylic acid groups (broad SMARTS) is 1. The Balaban J connectivity index is 0.000000152. The van der Waals surface area contributed by atoms with Gasteiger partial charge in [0.2, 0.25) is 0 Å². The Morgan fingerprint density at radius 1 is 1.19 bits per heavy atom. The molecule has 1 aromatic heterocycles. The number of carboxylic acids is 1. The molecule has 0 fully saturated rings. The Kier molecular flexibility index (Phi) is 6.02. The van der Waals surface area contributed by atoms with Crippen LogP contribution in [-0.4, -0.2) is 27.8 Å².